The van der Waals surface area contributed by atoms with Crippen molar-refractivity contribution in [1.82, 2.24) is 4.90 Å². The Labute approximate surface area is 101 Å². The van der Waals surface area contributed by atoms with Crippen molar-refractivity contribution >= 4 is 33.2 Å². The average Bonchev–Trinajstić information content (AvgIpc) is 2.84. The van der Waals surface area contributed by atoms with E-state index in [1.807, 2.05) is 11.4 Å². The van der Waals surface area contributed by atoms with Crippen LogP contribution < -0.4 is 0 Å². The lowest BCUT2D eigenvalue weighted by Crippen LogP contribution is -2.37. The molecule has 1 saturated heterocycles. The van der Waals surface area contributed by atoms with Crippen molar-refractivity contribution in [2.75, 3.05) is 13.2 Å². The molecule has 0 bridgehead atoms. The number of hydrogen-bond acceptors (Lipinski definition) is 3. The van der Waals surface area contributed by atoms with E-state index < -0.39 is 0 Å². The lowest BCUT2D eigenvalue weighted by Gasteiger charge is -2.22. The van der Waals surface area contributed by atoms with Crippen LogP contribution in [0.5, 0.6) is 0 Å². The Balaban J connectivity index is 2.13. The summed E-state index contributed by atoms with van der Waals surface area (Å²) in [6, 6.07) is 1.85. The number of aliphatic hydroxyl groups is 1. The molecule has 1 aliphatic rings. The molecule has 0 saturated carbocycles. The van der Waals surface area contributed by atoms with Crippen LogP contribution in [0.25, 0.3) is 0 Å². The van der Waals surface area contributed by atoms with E-state index >= 15 is 0 Å². The molecule has 0 aliphatic carbocycles. The third kappa shape index (κ3) is 2.24. The van der Waals surface area contributed by atoms with Gasteiger partial charge in [-0.05, 0) is 34.8 Å². The molecule has 2 heterocycles. The van der Waals surface area contributed by atoms with Gasteiger partial charge in [-0.1, -0.05) is 0 Å². The second-order valence-electron chi connectivity index (χ2n) is 3.61. The van der Waals surface area contributed by atoms with E-state index in [-0.39, 0.29) is 18.6 Å². The van der Waals surface area contributed by atoms with Gasteiger partial charge in [0.2, 0.25) is 0 Å². The van der Waals surface area contributed by atoms with Gasteiger partial charge >= 0.3 is 0 Å². The molecule has 1 fully saturated rings. The maximum atomic E-state index is 12.0. The van der Waals surface area contributed by atoms with Gasteiger partial charge in [-0.15, -0.1) is 11.3 Å². The summed E-state index contributed by atoms with van der Waals surface area (Å²) in [4.78, 5) is 14.5. The Bertz CT molecular complexity index is 366. The van der Waals surface area contributed by atoms with Gasteiger partial charge in [-0.2, -0.15) is 0 Å². The number of rotatable bonds is 2. The zero-order valence-electron chi connectivity index (χ0n) is 8.15. The largest absolute Gasteiger partial charge is 0.394 e. The molecular weight excluding hydrogens is 278 g/mol. The molecule has 3 nitrogen and oxygen atoms in total. The van der Waals surface area contributed by atoms with Gasteiger partial charge in [-0.3, -0.25) is 4.79 Å². The van der Waals surface area contributed by atoms with Crippen LogP contribution in [0.2, 0.25) is 0 Å². The van der Waals surface area contributed by atoms with Gasteiger partial charge in [-0.25, -0.2) is 0 Å². The molecule has 1 amide bonds. The number of nitrogens with zero attached hydrogens (tertiary/aromatic N) is 1. The van der Waals surface area contributed by atoms with E-state index in [1.54, 1.807) is 4.90 Å². The molecule has 0 aromatic carbocycles. The van der Waals surface area contributed by atoms with Gasteiger partial charge in [0, 0.05) is 16.4 Å². The SMILES string of the molecule is O=C(c1cc(Br)cs1)N1CCC[C@@H]1CO. The van der Waals surface area contributed by atoms with Crippen LogP contribution in [-0.2, 0) is 0 Å². The smallest absolute Gasteiger partial charge is 0.264 e. The van der Waals surface area contributed by atoms with Crippen molar-refractivity contribution < 1.29 is 9.90 Å². The van der Waals surface area contributed by atoms with Gasteiger partial charge < -0.3 is 10.0 Å². The summed E-state index contributed by atoms with van der Waals surface area (Å²) in [5, 5.41) is 11.0. The predicted octanol–water partition coefficient (Wildman–Crippen LogP) is 2.11. The first kappa shape index (κ1) is 11.1. The van der Waals surface area contributed by atoms with Crippen molar-refractivity contribution in [3.8, 4) is 0 Å². The van der Waals surface area contributed by atoms with Gasteiger partial charge in [0.25, 0.3) is 5.91 Å². The maximum absolute atomic E-state index is 12.0. The standard InChI is InChI=1S/C10H12BrNO2S/c11-7-4-9(15-6-7)10(14)12-3-1-2-8(12)5-13/h4,6,8,13H,1-3,5H2/t8-/m1/s1. The number of carbonyl (C=O) groups excluding carboxylic acids is 1. The zero-order chi connectivity index (χ0) is 10.8. The van der Waals surface area contributed by atoms with Crippen molar-refractivity contribution in [2.24, 2.45) is 0 Å². The number of aliphatic hydroxyl groups excluding tert-OH is 1. The molecule has 1 aliphatic heterocycles. The second kappa shape index (κ2) is 4.63. The van der Waals surface area contributed by atoms with Crippen LogP contribution in [0.1, 0.15) is 22.5 Å². The van der Waals surface area contributed by atoms with Crippen LogP contribution in [0.3, 0.4) is 0 Å². The first-order valence-electron chi connectivity index (χ1n) is 4.88. The molecule has 1 aromatic rings. The Morgan fingerprint density at radius 2 is 2.53 bits per heavy atom. The molecule has 82 valence electrons. The van der Waals surface area contributed by atoms with Crippen molar-refractivity contribution in [1.29, 1.82) is 0 Å². The van der Waals surface area contributed by atoms with Crippen molar-refractivity contribution in [2.45, 2.75) is 18.9 Å². The molecule has 15 heavy (non-hydrogen) atoms. The van der Waals surface area contributed by atoms with Crippen LogP contribution in [0, 0.1) is 0 Å². The predicted molar refractivity (Wildman–Crippen MR) is 63.2 cm³/mol. The van der Waals surface area contributed by atoms with E-state index in [0.29, 0.717) is 0 Å². The first-order valence-corrected chi connectivity index (χ1v) is 6.55. The van der Waals surface area contributed by atoms with Gasteiger partial charge in [0.05, 0.1) is 17.5 Å². The zero-order valence-corrected chi connectivity index (χ0v) is 10.6. The lowest BCUT2D eigenvalue weighted by molar-refractivity contribution is 0.0682. The highest BCUT2D eigenvalue weighted by atomic mass is 79.9. The van der Waals surface area contributed by atoms with Crippen LogP contribution in [-0.4, -0.2) is 35.1 Å². The molecule has 1 N–H and O–H groups in total. The van der Waals surface area contributed by atoms with E-state index in [2.05, 4.69) is 15.9 Å². The van der Waals surface area contributed by atoms with Gasteiger partial charge in [0.15, 0.2) is 0 Å². The maximum Gasteiger partial charge on any atom is 0.264 e. The number of thiophene rings is 1. The molecule has 0 radical (unpaired) electrons. The van der Waals surface area contributed by atoms with Crippen LogP contribution >= 0.6 is 27.3 Å². The highest BCUT2D eigenvalue weighted by Gasteiger charge is 2.29. The summed E-state index contributed by atoms with van der Waals surface area (Å²) in [5.74, 6) is 0.0438. The van der Waals surface area contributed by atoms with Crippen LogP contribution in [0.15, 0.2) is 15.9 Å². The topological polar surface area (TPSA) is 40.5 Å². The van der Waals surface area contributed by atoms with E-state index in [0.717, 1.165) is 28.7 Å². The minimum absolute atomic E-state index is 0.0124. The molecule has 1 aromatic heterocycles. The van der Waals surface area contributed by atoms with Crippen molar-refractivity contribution in [3.63, 3.8) is 0 Å². The number of hydrogen-bond donors (Lipinski definition) is 1. The Kier molecular flexibility index (Phi) is 3.43. The summed E-state index contributed by atoms with van der Waals surface area (Å²) in [7, 11) is 0. The normalized spacial score (nSPS) is 20.9. The Morgan fingerprint density at radius 1 is 1.73 bits per heavy atom. The number of likely N-dealkylation sites (tertiary alicyclic amines) is 1. The summed E-state index contributed by atoms with van der Waals surface area (Å²) >= 11 is 4.77. The summed E-state index contributed by atoms with van der Waals surface area (Å²) in [6.45, 7) is 0.831. The average molecular weight is 290 g/mol. The fraction of sp³-hybridized carbons (Fsp3) is 0.500. The Hall–Kier alpha value is -0.390. The molecule has 0 unspecified atom stereocenters. The van der Waals surface area contributed by atoms with E-state index in [4.69, 9.17) is 5.11 Å². The first-order chi connectivity index (χ1) is 7.22. The highest BCUT2D eigenvalue weighted by molar-refractivity contribution is 9.10. The summed E-state index contributed by atoms with van der Waals surface area (Å²) < 4.78 is 0.940. The van der Waals surface area contributed by atoms with E-state index in [9.17, 15) is 4.79 Å². The monoisotopic (exact) mass is 289 g/mol. The number of halogens is 1. The molecule has 0 spiro atoms. The third-order valence-electron chi connectivity index (χ3n) is 2.63. The summed E-state index contributed by atoms with van der Waals surface area (Å²) in [5.41, 5.74) is 0. The second-order valence-corrected chi connectivity index (χ2v) is 5.43. The number of amides is 1. The summed E-state index contributed by atoms with van der Waals surface area (Å²) in [6.07, 6.45) is 1.90. The molecular formula is C10H12BrNO2S. The fourth-order valence-corrected chi connectivity index (χ4v) is 3.24. The van der Waals surface area contributed by atoms with Crippen molar-refractivity contribution in [3.05, 3.63) is 20.8 Å². The minimum atomic E-state index is 0.0124. The molecule has 5 heteroatoms. The third-order valence-corrected chi connectivity index (χ3v) is 4.31. The minimum Gasteiger partial charge on any atom is -0.394 e. The highest BCUT2D eigenvalue weighted by Crippen LogP contribution is 2.25. The Morgan fingerprint density at radius 3 is 3.13 bits per heavy atom. The quantitative estimate of drug-likeness (QED) is 0.906. The fourth-order valence-electron chi connectivity index (χ4n) is 1.86. The molecule has 1 atom stereocenters. The number of carbonyl (C=O) groups is 1. The van der Waals surface area contributed by atoms with E-state index in [1.165, 1.54) is 11.3 Å². The lowest BCUT2D eigenvalue weighted by atomic mass is 10.2. The van der Waals surface area contributed by atoms with Gasteiger partial charge in [0.1, 0.15) is 0 Å². The van der Waals surface area contributed by atoms with Crippen LogP contribution in [0.4, 0.5) is 0 Å². The molecule has 2 rings (SSSR count).